The summed E-state index contributed by atoms with van der Waals surface area (Å²) < 4.78 is 5.38. The maximum absolute atomic E-state index is 13.0. The van der Waals surface area contributed by atoms with Crippen molar-refractivity contribution in [1.82, 2.24) is 4.90 Å². The van der Waals surface area contributed by atoms with Gasteiger partial charge in [-0.15, -0.1) is 5.10 Å². The van der Waals surface area contributed by atoms with Crippen molar-refractivity contribution in [1.29, 1.82) is 0 Å². The van der Waals surface area contributed by atoms with Crippen LogP contribution >= 0.6 is 35.0 Å². The van der Waals surface area contributed by atoms with Gasteiger partial charge in [-0.05, 0) is 65.9 Å². The number of phenolic OH excluding ortho intramolecular Hbond substituents is 1. The van der Waals surface area contributed by atoms with Crippen LogP contribution in [0.1, 0.15) is 16.9 Å². The molecule has 156 valence electrons. The number of hydrogen-bond acceptors (Lipinski definition) is 6. The number of phenols is 1. The molecule has 2 aromatic carbocycles. The first-order valence-electron chi connectivity index (χ1n) is 9.08. The Morgan fingerprint density at radius 1 is 1.10 bits per heavy atom. The number of nitrogens with zero attached hydrogens (tertiary/aromatic N) is 3. The molecular formula is C22H15Cl2N3O3S. The molecule has 1 aromatic heterocycles. The van der Waals surface area contributed by atoms with Gasteiger partial charge >= 0.3 is 0 Å². The van der Waals surface area contributed by atoms with E-state index in [-0.39, 0.29) is 18.2 Å². The minimum atomic E-state index is -0.212. The highest BCUT2D eigenvalue weighted by molar-refractivity contribution is 8.18. The van der Waals surface area contributed by atoms with Gasteiger partial charge < -0.3 is 9.52 Å². The molecule has 0 bridgehead atoms. The maximum atomic E-state index is 13.0. The molecule has 0 spiro atoms. The molecule has 6 nitrogen and oxygen atoms in total. The Kier molecular flexibility index (Phi) is 6.46. The lowest BCUT2D eigenvalue weighted by atomic mass is 10.2. The molecule has 1 saturated heterocycles. The van der Waals surface area contributed by atoms with Crippen molar-refractivity contribution < 1.29 is 14.3 Å². The first-order valence-corrected chi connectivity index (χ1v) is 10.7. The summed E-state index contributed by atoms with van der Waals surface area (Å²) in [5.41, 5.74) is 1.26. The average Bonchev–Trinajstić information content (AvgIpc) is 3.36. The highest BCUT2D eigenvalue weighted by Gasteiger charge is 2.34. The normalized spacial score (nSPS) is 16.8. The monoisotopic (exact) mass is 471 g/mol. The Morgan fingerprint density at radius 3 is 2.61 bits per heavy atom. The molecule has 31 heavy (non-hydrogen) atoms. The third-order valence-electron chi connectivity index (χ3n) is 4.28. The fourth-order valence-corrected chi connectivity index (χ4v) is 4.00. The van der Waals surface area contributed by atoms with E-state index in [0.717, 1.165) is 5.56 Å². The number of carbonyl (C=O) groups is 1. The number of thioether (sulfide) groups is 1. The molecule has 0 unspecified atom stereocenters. The molecule has 1 aliphatic heterocycles. The number of carbonyl (C=O) groups excluding carboxylic acids is 1. The summed E-state index contributed by atoms with van der Waals surface area (Å²) in [6, 6.07) is 15.3. The van der Waals surface area contributed by atoms with Crippen LogP contribution in [-0.2, 0) is 11.3 Å². The van der Waals surface area contributed by atoms with Crippen LogP contribution in [0, 0.1) is 0 Å². The van der Waals surface area contributed by atoms with Crippen LogP contribution in [0.2, 0.25) is 10.0 Å². The lowest BCUT2D eigenvalue weighted by molar-refractivity contribution is -0.122. The van der Waals surface area contributed by atoms with E-state index in [4.69, 9.17) is 27.6 Å². The highest BCUT2D eigenvalue weighted by atomic mass is 35.5. The summed E-state index contributed by atoms with van der Waals surface area (Å²) in [6.45, 7) is 0.216. The van der Waals surface area contributed by atoms with E-state index >= 15 is 0 Å². The number of amides is 1. The Labute approximate surface area is 192 Å². The van der Waals surface area contributed by atoms with Crippen LogP contribution in [0.4, 0.5) is 0 Å². The molecule has 0 aliphatic carbocycles. The van der Waals surface area contributed by atoms with Gasteiger partial charge in [0.1, 0.15) is 11.5 Å². The van der Waals surface area contributed by atoms with E-state index in [1.54, 1.807) is 48.7 Å². The second-order valence-electron chi connectivity index (χ2n) is 6.46. The van der Waals surface area contributed by atoms with Gasteiger partial charge in [0.15, 0.2) is 5.17 Å². The molecule has 4 rings (SSSR count). The molecule has 0 atom stereocenters. The standard InChI is InChI=1S/C22H15Cl2N3O3S/c23-16-5-3-14(4-6-16)10-20-21(29)27(13-18-2-1-9-30-18)22(31-20)26-25-12-15-11-17(24)7-8-19(15)28/h1-12,28H,13H2/b20-10-,25-12-,26-22+. The smallest absolute Gasteiger partial charge is 0.267 e. The number of amidine groups is 1. The van der Waals surface area contributed by atoms with Gasteiger partial charge in [-0.3, -0.25) is 9.69 Å². The second kappa shape index (κ2) is 9.43. The molecule has 2 heterocycles. The minimum absolute atomic E-state index is 0.0271. The molecule has 9 heteroatoms. The number of aromatic hydroxyl groups is 1. The van der Waals surface area contributed by atoms with Crippen molar-refractivity contribution in [3.05, 3.63) is 92.7 Å². The van der Waals surface area contributed by atoms with Crippen LogP contribution in [0.25, 0.3) is 6.08 Å². The first-order chi connectivity index (χ1) is 15.0. The van der Waals surface area contributed by atoms with Gasteiger partial charge in [0.05, 0.1) is 23.9 Å². The Morgan fingerprint density at radius 2 is 1.87 bits per heavy atom. The van der Waals surface area contributed by atoms with E-state index < -0.39 is 0 Å². The fraction of sp³-hybridized carbons (Fsp3) is 0.0455. The van der Waals surface area contributed by atoms with Crippen molar-refractivity contribution in [3.8, 4) is 5.75 Å². The van der Waals surface area contributed by atoms with Crippen LogP contribution in [0.5, 0.6) is 5.75 Å². The van der Waals surface area contributed by atoms with Crippen molar-refractivity contribution in [3.63, 3.8) is 0 Å². The largest absolute Gasteiger partial charge is 0.507 e. The van der Waals surface area contributed by atoms with Gasteiger partial charge in [0.25, 0.3) is 5.91 Å². The molecule has 1 fully saturated rings. The molecule has 1 aliphatic rings. The molecule has 1 N–H and O–H groups in total. The molecule has 0 radical (unpaired) electrons. The number of rotatable bonds is 5. The Hall–Kier alpha value is -3.00. The van der Waals surface area contributed by atoms with Gasteiger partial charge in [-0.1, -0.05) is 35.3 Å². The number of furan rings is 1. The topological polar surface area (TPSA) is 78.4 Å². The van der Waals surface area contributed by atoms with Crippen molar-refractivity contribution >= 4 is 58.3 Å². The van der Waals surface area contributed by atoms with Crippen LogP contribution in [-0.4, -0.2) is 27.3 Å². The SMILES string of the molecule is O=C1/C(=C/c2ccc(Cl)cc2)S/C(=N/N=C\c2cc(Cl)ccc2O)N1Cc1ccco1. The summed E-state index contributed by atoms with van der Waals surface area (Å²) in [5, 5.41) is 19.6. The third kappa shape index (κ3) is 5.19. The van der Waals surface area contributed by atoms with Gasteiger partial charge in [-0.25, -0.2) is 0 Å². The van der Waals surface area contributed by atoms with Crippen molar-refractivity contribution in [2.75, 3.05) is 0 Å². The fourth-order valence-electron chi connectivity index (χ4n) is 2.76. The average molecular weight is 472 g/mol. The zero-order valence-electron chi connectivity index (χ0n) is 15.9. The van der Waals surface area contributed by atoms with Crippen LogP contribution in [0.3, 0.4) is 0 Å². The van der Waals surface area contributed by atoms with Gasteiger partial charge in [-0.2, -0.15) is 5.10 Å². The lowest BCUT2D eigenvalue weighted by Crippen LogP contribution is -2.28. The van der Waals surface area contributed by atoms with E-state index in [1.165, 1.54) is 28.9 Å². The van der Waals surface area contributed by atoms with E-state index in [9.17, 15) is 9.90 Å². The summed E-state index contributed by atoms with van der Waals surface area (Å²) in [6.07, 6.45) is 4.70. The minimum Gasteiger partial charge on any atom is -0.507 e. The van der Waals surface area contributed by atoms with Gasteiger partial charge in [0, 0.05) is 15.6 Å². The molecule has 3 aromatic rings. The first kappa shape index (κ1) is 21.2. The molecule has 1 amide bonds. The van der Waals surface area contributed by atoms with Crippen molar-refractivity contribution in [2.24, 2.45) is 10.2 Å². The molecule has 0 saturated carbocycles. The second-order valence-corrected chi connectivity index (χ2v) is 8.35. The quantitative estimate of drug-likeness (QED) is 0.289. The van der Waals surface area contributed by atoms with E-state index in [1.807, 2.05) is 12.1 Å². The Balaban J connectivity index is 1.63. The zero-order chi connectivity index (χ0) is 21.8. The molecular weight excluding hydrogens is 457 g/mol. The summed E-state index contributed by atoms with van der Waals surface area (Å²) in [5.74, 6) is 0.432. The maximum Gasteiger partial charge on any atom is 0.267 e. The summed E-state index contributed by atoms with van der Waals surface area (Å²) in [4.78, 5) is 15.0. The lowest BCUT2D eigenvalue weighted by Gasteiger charge is -2.12. The third-order valence-corrected chi connectivity index (χ3v) is 5.76. The predicted octanol–water partition coefficient (Wildman–Crippen LogP) is 5.80. The van der Waals surface area contributed by atoms with Crippen molar-refractivity contribution in [2.45, 2.75) is 6.54 Å². The van der Waals surface area contributed by atoms with Crippen LogP contribution in [0.15, 0.2) is 80.4 Å². The summed E-state index contributed by atoms with van der Waals surface area (Å²) in [7, 11) is 0. The van der Waals surface area contributed by atoms with Gasteiger partial charge in [0.2, 0.25) is 0 Å². The zero-order valence-corrected chi connectivity index (χ0v) is 18.2. The summed E-state index contributed by atoms with van der Waals surface area (Å²) >= 11 is 13.1. The number of hydrogen-bond donors (Lipinski definition) is 1. The van der Waals surface area contributed by atoms with Crippen LogP contribution < -0.4 is 0 Å². The van der Waals surface area contributed by atoms with E-state index in [2.05, 4.69) is 10.2 Å². The Bertz CT molecular complexity index is 1190. The highest BCUT2D eigenvalue weighted by Crippen LogP contribution is 2.34. The number of benzene rings is 2. The predicted molar refractivity (Wildman–Crippen MR) is 124 cm³/mol. The van der Waals surface area contributed by atoms with E-state index in [0.29, 0.717) is 31.4 Å². The number of halogens is 2.